The third-order valence-electron chi connectivity index (χ3n) is 3.24. The Morgan fingerprint density at radius 1 is 1.40 bits per heavy atom. The van der Waals surface area contributed by atoms with Crippen molar-refractivity contribution in [2.75, 3.05) is 19.7 Å². The topological polar surface area (TPSA) is 29.5 Å². The predicted molar refractivity (Wildman–Crippen MR) is 61.0 cm³/mol. The molecule has 1 saturated heterocycles. The normalized spacial score (nSPS) is 29.1. The Bertz CT molecular complexity index is 206. The van der Waals surface area contributed by atoms with E-state index >= 15 is 0 Å². The summed E-state index contributed by atoms with van der Waals surface area (Å²) in [6.07, 6.45) is 3.77. The molecule has 1 aliphatic rings. The monoisotopic (exact) mass is 213 g/mol. The maximum Gasteiger partial charge on any atom is 0.151 e. The van der Waals surface area contributed by atoms with Crippen LogP contribution < -0.4 is 0 Å². The van der Waals surface area contributed by atoms with Crippen molar-refractivity contribution in [3.63, 3.8) is 0 Å². The molecule has 0 aliphatic carbocycles. The average Bonchev–Trinajstić information content (AvgIpc) is 2.42. The van der Waals surface area contributed by atoms with Crippen molar-refractivity contribution in [2.45, 2.75) is 51.7 Å². The second-order valence-electron chi connectivity index (χ2n) is 4.60. The Morgan fingerprint density at radius 3 is 2.67 bits per heavy atom. The third-order valence-corrected chi connectivity index (χ3v) is 3.24. The Hall–Kier alpha value is -0.410. The van der Waals surface area contributed by atoms with Gasteiger partial charge in [0.25, 0.3) is 0 Å². The van der Waals surface area contributed by atoms with E-state index in [1.807, 2.05) is 6.92 Å². The van der Waals surface area contributed by atoms with Crippen LogP contribution >= 0.6 is 0 Å². The summed E-state index contributed by atoms with van der Waals surface area (Å²) in [5.74, 6) is 0. The molecule has 1 unspecified atom stereocenters. The van der Waals surface area contributed by atoms with Gasteiger partial charge >= 0.3 is 0 Å². The molecule has 88 valence electrons. The molecule has 1 rings (SSSR count). The van der Waals surface area contributed by atoms with Crippen LogP contribution in [-0.2, 0) is 9.53 Å². The van der Waals surface area contributed by atoms with Gasteiger partial charge < -0.3 is 14.4 Å². The van der Waals surface area contributed by atoms with Crippen LogP contribution in [0.3, 0.4) is 0 Å². The van der Waals surface area contributed by atoms with Crippen LogP contribution in [0.25, 0.3) is 0 Å². The van der Waals surface area contributed by atoms with Crippen LogP contribution in [0.15, 0.2) is 0 Å². The second-order valence-corrected chi connectivity index (χ2v) is 4.60. The summed E-state index contributed by atoms with van der Waals surface area (Å²) in [5.41, 5.74) is -0.502. The Morgan fingerprint density at radius 2 is 2.13 bits per heavy atom. The fourth-order valence-corrected chi connectivity index (χ4v) is 2.25. The van der Waals surface area contributed by atoms with Gasteiger partial charge in [-0.3, -0.25) is 0 Å². The molecule has 0 radical (unpaired) electrons. The second kappa shape index (κ2) is 5.61. The number of hydrogen-bond donors (Lipinski definition) is 0. The van der Waals surface area contributed by atoms with Crippen LogP contribution in [0.4, 0.5) is 0 Å². The molecule has 0 amide bonds. The molecule has 0 bridgehead atoms. The van der Waals surface area contributed by atoms with Crippen molar-refractivity contribution in [3.05, 3.63) is 0 Å². The highest BCUT2D eigenvalue weighted by Gasteiger charge is 2.33. The first-order valence-corrected chi connectivity index (χ1v) is 5.98. The summed E-state index contributed by atoms with van der Waals surface area (Å²) >= 11 is 0. The number of carbonyl (C=O) groups is 1. The van der Waals surface area contributed by atoms with Gasteiger partial charge in [-0.25, -0.2) is 0 Å². The van der Waals surface area contributed by atoms with E-state index in [9.17, 15) is 4.79 Å². The van der Waals surface area contributed by atoms with Crippen molar-refractivity contribution in [3.8, 4) is 0 Å². The molecular weight excluding hydrogens is 190 g/mol. The van der Waals surface area contributed by atoms with Gasteiger partial charge in [-0.2, -0.15) is 0 Å². The minimum Gasteiger partial charge on any atom is -0.368 e. The van der Waals surface area contributed by atoms with Crippen LogP contribution in [0, 0.1) is 0 Å². The van der Waals surface area contributed by atoms with E-state index in [1.54, 1.807) is 0 Å². The van der Waals surface area contributed by atoms with E-state index in [1.165, 1.54) is 0 Å². The molecular formula is C12H23NO2. The molecule has 3 heteroatoms. The van der Waals surface area contributed by atoms with E-state index in [4.69, 9.17) is 4.74 Å². The molecule has 1 fully saturated rings. The Balaban J connectivity index is 2.60. The summed E-state index contributed by atoms with van der Waals surface area (Å²) in [6, 6.07) is 0.564. The Kier molecular flexibility index (Phi) is 4.74. The molecule has 1 aliphatic heterocycles. The summed E-state index contributed by atoms with van der Waals surface area (Å²) in [7, 11) is 0. The van der Waals surface area contributed by atoms with Crippen molar-refractivity contribution < 1.29 is 9.53 Å². The summed E-state index contributed by atoms with van der Waals surface area (Å²) in [4.78, 5) is 13.6. The molecule has 15 heavy (non-hydrogen) atoms. The summed E-state index contributed by atoms with van der Waals surface area (Å²) < 4.78 is 5.63. The zero-order valence-corrected chi connectivity index (χ0v) is 10.2. The molecule has 1 heterocycles. The smallest absolute Gasteiger partial charge is 0.151 e. The zero-order chi connectivity index (χ0) is 11.3. The van der Waals surface area contributed by atoms with Gasteiger partial charge in [0, 0.05) is 19.2 Å². The van der Waals surface area contributed by atoms with Gasteiger partial charge in [-0.1, -0.05) is 0 Å². The average molecular weight is 213 g/mol. The summed E-state index contributed by atoms with van der Waals surface area (Å²) in [6.45, 7) is 9.04. The van der Waals surface area contributed by atoms with Crippen molar-refractivity contribution >= 4 is 6.29 Å². The SMILES string of the molecule is CCOC1(C=O)CCCN(C(C)C)CC1. The lowest BCUT2D eigenvalue weighted by Crippen LogP contribution is -2.37. The zero-order valence-electron chi connectivity index (χ0n) is 10.2. The number of carbonyl (C=O) groups excluding carboxylic acids is 1. The van der Waals surface area contributed by atoms with E-state index in [0.29, 0.717) is 12.6 Å². The van der Waals surface area contributed by atoms with Gasteiger partial charge in [0.1, 0.15) is 5.60 Å². The molecule has 0 spiro atoms. The molecule has 3 nitrogen and oxygen atoms in total. The van der Waals surface area contributed by atoms with Crippen molar-refractivity contribution in [1.29, 1.82) is 0 Å². The highest BCUT2D eigenvalue weighted by atomic mass is 16.5. The number of nitrogens with zero attached hydrogens (tertiary/aromatic N) is 1. The summed E-state index contributed by atoms with van der Waals surface area (Å²) in [5, 5.41) is 0. The van der Waals surface area contributed by atoms with Crippen LogP contribution in [0.2, 0.25) is 0 Å². The number of likely N-dealkylation sites (tertiary alicyclic amines) is 1. The quantitative estimate of drug-likeness (QED) is 0.668. The van der Waals surface area contributed by atoms with E-state index in [-0.39, 0.29) is 0 Å². The molecule has 0 aromatic rings. The van der Waals surface area contributed by atoms with Gasteiger partial charge in [0.05, 0.1) is 0 Å². The predicted octanol–water partition coefficient (Wildman–Crippen LogP) is 1.85. The lowest BCUT2D eigenvalue weighted by Gasteiger charge is -2.27. The number of aldehydes is 1. The first-order valence-electron chi connectivity index (χ1n) is 5.98. The molecule has 0 N–H and O–H groups in total. The maximum atomic E-state index is 11.2. The highest BCUT2D eigenvalue weighted by molar-refractivity contribution is 5.62. The fourth-order valence-electron chi connectivity index (χ4n) is 2.25. The number of hydrogen-bond acceptors (Lipinski definition) is 3. The van der Waals surface area contributed by atoms with E-state index in [2.05, 4.69) is 18.7 Å². The standard InChI is InChI=1S/C12H23NO2/c1-4-15-12(10-14)6-5-8-13(9-7-12)11(2)3/h10-11H,4-9H2,1-3H3. The lowest BCUT2D eigenvalue weighted by molar-refractivity contribution is -0.132. The minimum atomic E-state index is -0.502. The van der Waals surface area contributed by atoms with E-state index in [0.717, 1.165) is 38.6 Å². The fraction of sp³-hybridized carbons (Fsp3) is 0.917. The third kappa shape index (κ3) is 3.28. The molecule has 1 atom stereocenters. The van der Waals surface area contributed by atoms with Gasteiger partial charge in [0.15, 0.2) is 6.29 Å². The lowest BCUT2D eigenvalue weighted by atomic mass is 9.96. The maximum absolute atomic E-state index is 11.2. The molecule has 0 saturated carbocycles. The first kappa shape index (κ1) is 12.7. The largest absolute Gasteiger partial charge is 0.368 e. The number of rotatable bonds is 4. The van der Waals surface area contributed by atoms with Crippen molar-refractivity contribution in [2.24, 2.45) is 0 Å². The Labute approximate surface area is 92.8 Å². The molecule has 0 aromatic heterocycles. The van der Waals surface area contributed by atoms with Gasteiger partial charge in [-0.05, 0) is 46.6 Å². The van der Waals surface area contributed by atoms with Gasteiger partial charge in [-0.15, -0.1) is 0 Å². The number of ether oxygens (including phenoxy) is 1. The van der Waals surface area contributed by atoms with Crippen LogP contribution in [0.1, 0.15) is 40.0 Å². The minimum absolute atomic E-state index is 0.502. The highest BCUT2D eigenvalue weighted by Crippen LogP contribution is 2.25. The first-order chi connectivity index (χ1) is 7.13. The van der Waals surface area contributed by atoms with Crippen LogP contribution in [-0.4, -0.2) is 42.5 Å². The van der Waals surface area contributed by atoms with Crippen molar-refractivity contribution in [1.82, 2.24) is 4.90 Å². The van der Waals surface area contributed by atoms with E-state index < -0.39 is 5.60 Å². The molecule has 0 aromatic carbocycles. The van der Waals surface area contributed by atoms with Gasteiger partial charge in [0.2, 0.25) is 0 Å². The van der Waals surface area contributed by atoms with Crippen LogP contribution in [0.5, 0.6) is 0 Å².